The minimum absolute atomic E-state index is 0.0557. The van der Waals surface area contributed by atoms with Gasteiger partial charge in [-0.3, -0.25) is 38.5 Å². The van der Waals surface area contributed by atoms with Crippen molar-refractivity contribution in [2.24, 2.45) is 17.8 Å². The summed E-state index contributed by atoms with van der Waals surface area (Å²) in [6.45, 7) is 12.2. The lowest BCUT2D eigenvalue weighted by Crippen LogP contribution is -2.56. The van der Waals surface area contributed by atoms with Crippen molar-refractivity contribution in [3.8, 4) is 0 Å². The summed E-state index contributed by atoms with van der Waals surface area (Å²) >= 11 is 0. The van der Waals surface area contributed by atoms with Crippen molar-refractivity contribution in [3.05, 3.63) is 65.5 Å². The molecule has 1 saturated heterocycles. The van der Waals surface area contributed by atoms with E-state index in [-0.39, 0.29) is 85.2 Å². The van der Waals surface area contributed by atoms with E-state index >= 15 is 0 Å². The molecule has 0 aliphatic carbocycles. The van der Waals surface area contributed by atoms with E-state index < -0.39 is 60.1 Å². The largest absolute Gasteiger partial charge is 0.480 e. The maximum atomic E-state index is 14.5. The Labute approximate surface area is 417 Å². The molecular formula is C51H75N9O11. The number of ether oxygens (including phenoxy) is 2. The third-order valence-corrected chi connectivity index (χ3v) is 13.5. The molecule has 2 aromatic rings. The normalized spacial score (nSPS) is 17.5. The number of carboxylic acids is 1. The summed E-state index contributed by atoms with van der Waals surface area (Å²) in [5, 5.41) is 21.3. The molecule has 4 rings (SSSR count). The first-order valence-electron chi connectivity index (χ1n) is 24.7. The number of benzene rings is 1. The van der Waals surface area contributed by atoms with Crippen LogP contribution in [0.5, 0.6) is 0 Å². The summed E-state index contributed by atoms with van der Waals surface area (Å²) < 4.78 is 11.9. The molecule has 3 heterocycles. The molecule has 0 saturated carbocycles. The predicted octanol–water partition coefficient (Wildman–Crippen LogP) is 3.29. The van der Waals surface area contributed by atoms with Crippen molar-refractivity contribution in [1.29, 1.82) is 0 Å². The Kier molecular flexibility index (Phi) is 22.5. The van der Waals surface area contributed by atoms with Gasteiger partial charge in [-0.25, -0.2) is 14.8 Å². The van der Waals surface area contributed by atoms with Gasteiger partial charge in [0.2, 0.25) is 29.6 Å². The third kappa shape index (κ3) is 16.1. The van der Waals surface area contributed by atoms with Crippen molar-refractivity contribution in [3.63, 3.8) is 0 Å². The SMILES string of the molecule is CC[C@H](C)[C@@H]([C@@H](CC(=O)N1CCCC1[C@H](OC)[C@@H](C)C(=O)NC(Cc1ccccc1)C(=O)O)OC)N(C)C(=O)C(Nc1ncc(C(=O)NCCNC(=O)CCCCCN2C(=O)C=CC2=O)c(C)n1)C(C)C. The van der Waals surface area contributed by atoms with Crippen molar-refractivity contribution >= 4 is 53.3 Å². The average Bonchev–Trinajstić information content (AvgIpc) is 3.96. The Bertz CT molecular complexity index is 2170. The topological polar surface area (TPSA) is 259 Å². The monoisotopic (exact) mass is 990 g/mol. The lowest BCUT2D eigenvalue weighted by Gasteiger charge is -2.40. The van der Waals surface area contributed by atoms with Gasteiger partial charge in [0.15, 0.2) is 0 Å². The van der Waals surface area contributed by atoms with Gasteiger partial charge in [-0.05, 0) is 50.0 Å². The number of likely N-dealkylation sites (tertiary alicyclic amines) is 1. The zero-order valence-electron chi connectivity index (χ0n) is 42.8. The van der Waals surface area contributed by atoms with Gasteiger partial charge in [0.05, 0.1) is 47.9 Å². The molecule has 0 bridgehead atoms. The van der Waals surface area contributed by atoms with E-state index in [1.54, 1.807) is 55.0 Å². The number of nitrogens with one attached hydrogen (secondary N) is 4. The van der Waals surface area contributed by atoms with Gasteiger partial charge in [-0.15, -0.1) is 0 Å². The van der Waals surface area contributed by atoms with E-state index in [0.29, 0.717) is 57.3 Å². The van der Waals surface area contributed by atoms with Crippen molar-refractivity contribution < 1.29 is 52.9 Å². The second kappa shape index (κ2) is 27.9. The van der Waals surface area contributed by atoms with E-state index in [1.807, 2.05) is 33.8 Å². The molecule has 0 radical (unpaired) electrons. The second-order valence-corrected chi connectivity index (χ2v) is 18.8. The number of aliphatic carboxylic acids is 1. The minimum Gasteiger partial charge on any atom is -0.480 e. The Morgan fingerprint density at radius 2 is 1.61 bits per heavy atom. The second-order valence-electron chi connectivity index (χ2n) is 18.8. The van der Waals surface area contributed by atoms with Crippen molar-refractivity contribution in [2.45, 2.75) is 136 Å². The number of likely N-dealkylation sites (N-methyl/N-ethyl adjacent to an activating group) is 1. The number of aromatic nitrogens is 2. The summed E-state index contributed by atoms with van der Waals surface area (Å²) in [5.41, 5.74) is 1.36. The first-order chi connectivity index (χ1) is 33.8. The molecule has 2 aliphatic heterocycles. The molecule has 1 aromatic heterocycles. The first-order valence-corrected chi connectivity index (χ1v) is 24.7. The van der Waals surface area contributed by atoms with Crippen LogP contribution in [0.15, 0.2) is 48.7 Å². The Hall–Kier alpha value is -6.28. The van der Waals surface area contributed by atoms with Crippen LogP contribution in [-0.2, 0) is 49.5 Å². The number of carbonyl (C=O) groups excluding carboxylic acids is 7. The van der Waals surface area contributed by atoms with E-state index in [9.17, 15) is 43.5 Å². The highest BCUT2D eigenvalue weighted by Crippen LogP contribution is 2.30. The number of aryl methyl sites for hydroxylation is 1. The molecule has 8 atom stereocenters. The molecule has 390 valence electrons. The number of methoxy groups -OCH3 is 2. The van der Waals surface area contributed by atoms with Gasteiger partial charge in [-0.2, -0.15) is 0 Å². The van der Waals surface area contributed by atoms with Gasteiger partial charge in [-0.1, -0.05) is 77.8 Å². The molecule has 71 heavy (non-hydrogen) atoms. The van der Waals surface area contributed by atoms with E-state index in [2.05, 4.69) is 31.2 Å². The summed E-state index contributed by atoms with van der Waals surface area (Å²) in [4.78, 5) is 117. The molecule has 20 nitrogen and oxygen atoms in total. The van der Waals surface area contributed by atoms with Crippen LogP contribution in [0, 0.1) is 24.7 Å². The Balaban J connectivity index is 1.33. The molecular weight excluding hydrogens is 915 g/mol. The van der Waals surface area contributed by atoms with Crippen LogP contribution >= 0.6 is 0 Å². The highest BCUT2D eigenvalue weighted by molar-refractivity contribution is 6.12. The smallest absolute Gasteiger partial charge is 0.326 e. The molecule has 20 heteroatoms. The molecule has 1 fully saturated rings. The fourth-order valence-electron chi connectivity index (χ4n) is 9.24. The van der Waals surface area contributed by atoms with Crippen LogP contribution in [0.1, 0.15) is 108 Å². The fourth-order valence-corrected chi connectivity index (χ4v) is 9.24. The van der Waals surface area contributed by atoms with Crippen LogP contribution in [0.2, 0.25) is 0 Å². The summed E-state index contributed by atoms with van der Waals surface area (Å²) in [7, 11) is 4.69. The zero-order valence-corrected chi connectivity index (χ0v) is 42.8. The Morgan fingerprint density at radius 1 is 0.930 bits per heavy atom. The summed E-state index contributed by atoms with van der Waals surface area (Å²) in [5.74, 6) is -4.39. The van der Waals surface area contributed by atoms with Crippen LogP contribution in [0.4, 0.5) is 5.95 Å². The number of carbonyl (C=O) groups is 8. The number of anilines is 1. The van der Waals surface area contributed by atoms with Crippen LogP contribution < -0.4 is 21.3 Å². The highest BCUT2D eigenvalue weighted by atomic mass is 16.5. The molecule has 0 spiro atoms. The number of nitrogens with zero attached hydrogens (tertiary/aromatic N) is 5. The Morgan fingerprint density at radius 3 is 2.21 bits per heavy atom. The first kappa shape index (κ1) is 57.3. The van der Waals surface area contributed by atoms with E-state index in [4.69, 9.17) is 9.47 Å². The van der Waals surface area contributed by atoms with Crippen LogP contribution in [0.25, 0.3) is 0 Å². The van der Waals surface area contributed by atoms with E-state index in [0.717, 1.165) is 5.56 Å². The van der Waals surface area contributed by atoms with Gasteiger partial charge in [0.1, 0.15) is 12.1 Å². The number of hydrogen-bond donors (Lipinski definition) is 5. The lowest BCUT2D eigenvalue weighted by molar-refractivity contribution is -0.147. The number of imide groups is 1. The highest BCUT2D eigenvalue weighted by Gasteiger charge is 2.43. The maximum Gasteiger partial charge on any atom is 0.326 e. The lowest BCUT2D eigenvalue weighted by atomic mass is 9.89. The molecule has 5 N–H and O–H groups in total. The predicted molar refractivity (Wildman–Crippen MR) is 265 cm³/mol. The standard InChI is InChI=1S/C51H75N9O11/c1-10-32(4)45(39(70-8)29-43(64)59-27-17-20-38(59)46(71-9)33(5)47(65)56-37(50(68)69)28-35-18-13-11-14-19-35)58(7)49(67)44(31(2)3)57-51-54-30-36(34(6)55-51)48(66)53-25-24-52-40(61)21-15-12-16-26-60-41(62)22-23-42(60)63/h11,13-14,18-19,22-23,30-33,37-39,44-46H,10,12,15-17,20-21,24-29H2,1-9H3,(H,52,61)(H,53,66)(H,56,65)(H,68,69)(H,54,55,57)/t32-,33+,37?,38?,39+,44?,45-,46+/m0/s1. The van der Waals surface area contributed by atoms with Gasteiger partial charge >= 0.3 is 5.97 Å². The van der Waals surface area contributed by atoms with Gasteiger partial charge in [0, 0.05) is 78.6 Å². The number of rotatable bonds is 29. The molecule has 1 aromatic carbocycles. The number of amides is 7. The fraction of sp³-hybridized carbons (Fsp3) is 0.608. The zero-order chi connectivity index (χ0) is 52.4. The van der Waals surface area contributed by atoms with Crippen LogP contribution in [0.3, 0.4) is 0 Å². The maximum absolute atomic E-state index is 14.5. The summed E-state index contributed by atoms with van der Waals surface area (Å²) in [6.07, 6.45) is 6.54. The molecule has 2 aliphatic rings. The number of hydrogen-bond acceptors (Lipinski definition) is 13. The van der Waals surface area contributed by atoms with E-state index in [1.165, 1.54) is 37.5 Å². The van der Waals surface area contributed by atoms with Gasteiger partial charge in [0.25, 0.3) is 17.7 Å². The third-order valence-electron chi connectivity index (χ3n) is 13.5. The number of unbranched alkanes of at least 4 members (excludes halogenated alkanes) is 2. The molecule has 7 amide bonds. The number of carboxylic acid groups (broad SMARTS) is 1. The van der Waals surface area contributed by atoms with Crippen molar-refractivity contribution in [1.82, 2.24) is 40.6 Å². The summed E-state index contributed by atoms with van der Waals surface area (Å²) in [6, 6.07) is 6.09. The van der Waals surface area contributed by atoms with Crippen molar-refractivity contribution in [2.75, 3.05) is 52.8 Å². The quantitative estimate of drug-likeness (QED) is 0.0579. The van der Waals surface area contributed by atoms with Gasteiger partial charge < -0.3 is 45.6 Å². The minimum atomic E-state index is -1.16. The average molecular weight is 990 g/mol. The molecule has 3 unspecified atom stereocenters. The van der Waals surface area contributed by atoms with Crippen LogP contribution in [-0.4, -0.2) is 161 Å².